The maximum Gasteiger partial charge on any atom is 0.0195 e. The summed E-state index contributed by atoms with van der Waals surface area (Å²) in [6, 6.07) is 1.53. The summed E-state index contributed by atoms with van der Waals surface area (Å²) >= 11 is 3.54. The first kappa shape index (κ1) is 8.54. The summed E-state index contributed by atoms with van der Waals surface area (Å²) in [6.45, 7) is 5.86. The van der Waals surface area contributed by atoms with Crippen molar-refractivity contribution in [2.24, 2.45) is 0 Å². The minimum Gasteiger partial charge on any atom is -0.297 e. The third-order valence-corrected chi connectivity index (χ3v) is 3.01. The first-order valence-corrected chi connectivity index (χ1v) is 5.19. The molecule has 0 amide bonds. The van der Waals surface area contributed by atoms with Crippen LogP contribution in [0.15, 0.2) is 0 Å². The van der Waals surface area contributed by atoms with Crippen molar-refractivity contribution in [2.45, 2.75) is 38.8 Å². The van der Waals surface area contributed by atoms with E-state index in [9.17, 15) is 0 Å². The van der Waals surface area contributed by atoms with Gasteiger partial charge in [0.25, 0.3) is 0 Å². The summed E-state index contributed by atoms with van der Waals surface area (Å²) in [4.78, 5) is 2.58. The van der Waals surface area contributed by atoms with Gasteiger partial charge in [0.15, 0.2) is 0 Å². The Bertz CT molecular complexity index is 103. The first-order valence-electron chi connectivity index (χ1n) is 4.07. The maximum absolute atomic E-state index is 3.54. The zero-order chi connectivity index (χ0) is 7.56. The highest BCUT2D eigenvalue weighted by Gasteiger charge is 2.24. The molecule has 0 saturated carbocycles. The average Bonchev–Trinajstić information content (AvgIpc) is 2.33. The van der Waals surface area contributed by atoms with Gasteiger partial charge in [-0.3, -0.25) is 4.90 Å². The normalized spacial score (nSPS) is 28.2. The largest absolute Gasteiger partial charge is 0.297 e. The van der Waals surface area contributed by atoms with E-state index in [1.165, 1.54) is 19.4 Å². The van der Waals surface area contributed by atoms with Crippen molar-refractivity contribution in [3.63, 3.8) is 0 Å². The predicted octanol–water partition coefficient (Wildman–Crippen LogP) is 2.25. The van der Waals surface area contributed by atoms with Crippen molar-refractivity contribution in [2.75, 3.05) is 11.9 Å². The molecule has 1 unspecified atom stereocenters. The average molecular weight is 206 g/mol. The monoisotopic (exact) mass is 205 g/mol. The molecule has 1 atom stereocenters. The van der Waals surface area contributed by atoms with Gasteiger partial charge in [-0.1, -0.05) is 15.9 Å². The highest BCUT2D eigenvalue weighted by atomic mass is 79.9. The zero-order valence-electron chi connectivity index (χ0n) is 6.81. The molecule has 1 nitrogen and oxygen atoms in total. The van der Waals surface area contributed by atoms with Gasteiger partial charge in [0, 0.05) is 17.4 Å². The molecule has 1 aliphatic rings. The number of nitrogens with zero attached hydrogens (tertiary/aromatic N) is 1. The van der Waals surface area contributed by atoms with Crippen LogP contribution in [0.1, 0.15) is 26.7 Å². The van der Waals surface area contributed by atoms with Crippen LogP contribution >= 0.6 is 15.9 Å². The Morgan fingerprint density at radius 2 is 2.30 bits per heavy atom. The van der Waals surface area contributed by atoms with Crippen LogP contribution in [-0.2, 0) is 0 Å². The summed E-state index contributed by atoms with van der Waals surface area (Å²) in [5.74, 6) is 0. The van der Waals surface area contributed by atoms with Crippen LogP contribution in [0.4, 0.5) is 0 Å². The number of hydrogen-bond donors (Lipinski definition) is 0. The number of hydrogen-bond acceptors (Lipinski definition) is 1. The van der Waals surface area contributed by atoms with E-state index in [0.717, 1.165) is 17.4 Å². The Morgan fingerprint density at radius 1 is 1.60 bits per heavy atom. The van der Waals surface area contributed by atoms with Crippen molar-refractivity contribution < 1.29 is 0 Å². The second-order valence-electron chi connectivity index (χ2n) is 3.28. The lowest BCUT2D eigenvalue weighted by molar-refractivity contribution is 0.220. The fourth-order valence-corrected chi connectivity index (χ4v) is 2.40. The van der Waals surface area contributed by atoms with Gasteiger partial charge in [-0.15, -0.1) is 0 Å². The summed E-state index contributed by atoms with van der Waals surface area (Å²) in [5.41, 5.74) is 0. The highest BCUT2D eigenvalue weighted by molar-refractivity contribution is 9.09. The zero-order valence-corrected chi connectivity index (χ0v) is 8.39. The van der Waals surface area contributed by atoms with Gasteiger partial charge in [0.05, 0.1) is 0 Å². The van der Waals surface area contributed by atoms with Crippen molar-refractivity contribution in [1.29, 1.82) is 0 Å². The number of likely N-dealkylation sites (tertiary alicyclic amines) is 1. The molecule has 0 spiro atoms. The van der Waals surface area contributed by atoms with E-state index in [0.29, 0.717) is 0 Å². The third-order valence-electron chi connectivity index (χ3n) is 2.26. The molecule has 1 heterocycles. The van der Waals surface area contributed by atoms with E-state index in [2.05, 4.69) is 34.7 Å². The minimum absolute atomic E-state index is 0.727. The molecule has 60 valence electrons. The van der Waals surface area contributed by atoms with Gasteiger partial charge in [0.1, 0.15) is 0 Å². The molecule has 1 aliphatic heterocycles. The molecule has 1 saturated heterocycles. The predicted molar refractivity (Wildman–Crippen MR) is 48.7 cm³/mol. The van der Waals surface area contributed by atoms with E-state index >= 15 is 0 Å². The Balaban J connectivity index is 2.42. The van der Waals surface area contributed by atoms with Crippen LogP contribution in [-0.4, -0.2) is 28.9 Å². The summed E-state index contributed by atoms with van der Waals surface area (Å²) in [6.07, 6.45) is 2.76. The van der Waals surface area contributed by atoms with Crippen molar-refractivity contribution in [1.82, 2.24) is 4.90 Å². The Hall–Kier alpha value is 0.440. The van der Waals surface area contributed by atoms with E-state index < -0.39 is 0 Å². The summed E-state index contributed by atoms with van der Waals surface area (Å²) in [5, 5.41) is 1.14. The van der Waals surface area contributed by atoms with E-state index in [1.54, 1.807) is 0 Å². The van der Waals surface area contributed by atoms with Gasteiger partial charge >= 0.3 is 0 Å². The lowest BCUT2D eigenvalue weighted by atomic mass is 10.2. The van der Waals surface area contributed by atoms with E-state index in [-0.39, 0.29) is 0 Å². The molecule has 0 radical (unpaired) electrons. The van der Waals surface area contributed by atoms with Gasteiger partial charge in [0.2, 0.25) is 0 Å². The van der Waals surface area contributed by atoms with Crippen molar-refractivity contribution in [3.8, 4) is 0 Å². The second-order valence-corrected chi connectivity index (χ2v) is 3.93. The van der Waals surface area contributed by atoms with E-state index in [4.69, 9.17) is 0 Å². The van der Waals surface area contributed by atoms with Gasteiger partial charge < -0.3 is 0 Å². The molecule has 1 rings (SSSR count). The molecule has 0 aromatic carbocycles. The number of halogens is 1. The highest BCUT2D eigenvalue weighted by Crippen LogP contribution is 2.20. The van der Waals surface area contributed by atoms with Crippen LogP contribution in [0.5, 0.6) is 0 Å². The van der Waals surface area contributed by atoms with Crippen molar-refractivity contribution >= 4 is 15.9 Å². The lowest BCUT2D eigenvalue weighted by Crippen LogP contribution is -2.36. The Morgan fingerprint density at radius 3 is 2.70 bits per heavy atom. The maximum atomic E-state index is 3.54. The number of rotatable bonds is 2. The second kappa shape index (κ2) is 3.72. The summed E-state index contributed by atoms with van der Waals surface area (Å²) < 4.78 is 0. The minimum atomic E-state index is 0.727. The SMILES string of the molecule is CC(C)N1CCCC1CBr. The molecule has 0 N–H and O–H groups in total. The molecule has 2 heteroatoms. The van der Waals surface area contributed by atoms with Crippen LogP contribution in [0, 0.1) is 0 Å². The Labute approximate surface area is 71.9 Å². The standard InChI is InChI=1S/C8H16BrN/c1-7(2)10-5-3-4-8(10)6-9/h7-8H,3-6H2,1-2H3. The van der Waals surface area contributed by atoms with Crippen LogP contribution in [0.25, 0.3) is 0 Å². The third kappa shape index (κ3) is 1.73. The Kier molecular flexibility index (Phi) is 3.18. The number of alkyl halides is 1. The van der Waals surface area contributed by atoms with E-state index in [1.807, 2.05) is 0 Å². The molecule has 1 fully saturated rings. The molecule has 0 bridgehead atoms. The van der Waals surface area contributed by atoms with Gasteiger partial charge in [-0.05, 0) is 33.2 Å². The first-order chi connectivity index (χ1) is 4.75. The lowest BCUT2D eigenvalue weighted by Gasteiger charge is -2.26. The fourth-order valence-electron chi connectivity index (χ4n) is 1.70. The molecular formula is C8H16BrN. The van der Waals surface area contributed by atoms with Crippen molar-refractivity contribution in [3.05, 3.63) is 0 Å². The van der Waals surface area contributed by atoms with Crippen LogP contribution in [0.2, 0.25) is 0 Å². The van der Waals surface area contributed by atoms with Crippen LogP contribution < -0.4 is 0 Å². The molecular weight excluding hydrogens is 190 g/mol. The van der Waals surface area contributed by atoms with Crippen LogP contribution in [0.3, 0.4) is 0 Å². The van der Waals surface area contributed by atoms with Gasteiger partial charge in [-0.2, -0.15) is 0 Å². The molecule has 0 aromatic rings. The quantitative estimate of drug-likeness (QED) is 0.626. The fraction of sp³-hybridized carbons (Fsp3) is 1.00. The smallest absolute Gasteiger partial charge is 0.0195 e. The van der Waals surface area contributed by atoms with Gasteiger partial charge in [-0.25, -0.2) is 0 Å². The molecule has 0 aliphatic carbocycles. The topological polar surface area (TPSA) is 3.24 Å². The molecule has 0 aromatic heterocycles. The summed E-state index contributed by atoms with van der Waals surface area (Å²) in [7, 11) is 0. The molecule has 10 heavy (non-hydrogen) atoms.